The zero-order valence-electron chi connectivity index (χ0n) is 16.3. The van der Waals surface area contributed by atoms with E-state index in [0.717, 1.165) is 16.9 Å². The van der Waals surface area contributed by atoms with Gasteiger partial charge in [0, 0.05) is 30.9 Å². The van der Waals surface area contributed by atoms with Crippen molar-refractivity contribution in [2.45, 2.75) is 13.5 Å². The largest absolute Gasteiger partial charge is 0.489 e. The molecule has 1 aromatic heterocycles. The first-order valence-corrected chi connectivity index (χ1v) is 9.30. The average Bonchev–Trinajstić information content (AvgIpc) is 3.07. The van der Waals surface area contributed by atoms with Crippen molar-refractivity contribution in [3.8, 4) is 5.75 Å². The van der Waals surface area contributed by atoms with Crippen molar-refractivity contribution in [3.05, 3.63) is 76.1 Å². The zero-order valence-corrected chi connectivity index (χ0v) is 17.1. The molecule has 2 N–H and O–H groups in total. The highest BCUT2D eigenvalue weighted by molar-refractivity contribution is 6.30. The molecular weight excluding hydrogens is 392 g/mol. The Morgan fingerprint density at radius 3 is 2.69 bits per heavy atom. The van der Waals surface area contributed by atoms with Crippen molar-refractivity contribution in [1.82, 2.24) is 15.1 Å². The van der Waals surface area contributed by atoms with Crippen LogP contribution in [0.15, 0.2) is 48.7 Å². The number of amides is 2. The van der Waals surface area contributed by atoms with Crippen molar-refractivity contribution in [3.63, 3.8) is 0 Å². The molecule has 0 radical (unpaired) electrons. The van der Waals surface area contributed by atoms with Crippen LogP contribution >= 0.6 is 11.6 Å². The van der Waals surface area contributed by atoms with Gasteiger partial charge < -0.3 is 15.4 Å². The van der Waals surface area contributed by atoms with Gasteiger partial charge in [0.2, 0.25) is 0 Å². The monoisotopic (exact) mass is 412 g/mol. The second-order valence-corrected chi connectivity index (χ2v) is 6.93. The molecule has 0 aliphatic rings. The van der Waals surface area contributed by atoms with Gasteiger partial charge in [-0.1, -0.05) is 23.7 Å². The number of hydrogen-bond acceptors (Lipinski definition) is 4. The molecule has 8 heteroatoms. The van der Waals surface area contributed by atoms with Crippen molar-refractivity contribution in [2.75, 3.05) is 12.4 Å². The first-order chi connectivity index (χ1) is 13.9. The number of aryl methyl sites for hydroxylation is 2. The Kier molecular flexibility index (Phi) is 6.19. The third-order valence-electron chi connectivity index (χ3n) is 4.24. The molecule has 7 nitrogen and oxygen atoms in total. The number of halogens is 1. The number of hydrogen-bond donors (Lipinski definition) is 2. The molecule has 29 heavy (non-hydrogen) atoms. The first kappa shape index (κ1) is 20.4. The minimum absolute atomic E-state index is 0.154. The molecule has 0 spiro atoms. The summed E-state index contributed by atoms with van der Waals surface area (Å²) in [5, 5.41) is 9.98. The molecular formula is C21H21ClN4O3. The predicted molar refractivity (Wildman–Crippen MR) is 112 cm³/mol. The van der Waals surface area contributed by atoms with E-state index in [1.165, 1.54) is 11.7 Å². The van der Waals surface area contributed by atoms with Crippen LogP contribution in [0.5, 0.6) is 5.75 Å². The van der Waals surface area contributed by atoms with Gasteiger partial charge in [0.1, 0.15) is 12.4 Å². The lowest BCUT2D eigenvalue weighted by Gasteiger charge is -2.10. The normalized spacial score (nSPS) is 10.5. The van der Waals surface area contributed by atoms with Crippen LogP contribution in [0, 0.1) is 6.92 Å². The average molecular weight is 413 g/mol. The van der Waals surface area contributed by atoms with Crippen LogP contribution < -0.4 is 15.4 Å². The Balaban J connectivity index is 1.72. The Morgan fingerprint density at radius 1 is 1.17 bits per heavy atom. The van der Waals surface area contributed by atoms with Gasteiger partial charge in [0.15, 0.2) is 5.69 Å². The number of carbonyl (C=O) groups excluding carboxylic acids is 2. The fourth-order valence-electron chi connectivity index (χ4n) is 2.80. The Morgan fingerprint density at radius 2 is 1.97 bits per heavy atom. The Bertz CT molecular complexity index is 1060. The molecule has 1 heterocycles. The molecule has 0 aliphatic carbocycles. The second kappa shape index (κ2) is 8.79. The van der Waals surface area contributed by atoms with Crippen LogP contribution in [0.25, 0.3) is 0 Å². The van der Waals surface area contributed by atoms with Crippen LogP contribution in [-0.4, -0.2) is 28.6 Å². The van der Waals surface area contributed by atoms with Gasteiger partial charge in [-0.15, -0.1) is 0 Å². The number of anilines is 1. The Hall–Kier alpha value is -3.32. The summed E-state index contributed by atoms with van der Waals surface area (Å²) in [6, 6.07) is 12.5. The van der Waals surface area contributed by atoms with Crippen molar-refractivity contribution in [2.24, 2.45) is 7.05 Å². The standard InChI is InChI=1S/C21H21ClN4O3/c1-13-9-16(22)7-8-18(13)29-12-14-5-4-6-15(10-14)20(27)24-17-11-26(3)25-19(17)21(28)23-2/h4-11H,12H2,1-3H3,(H,23,28)(H,24,27). The molecule has 3 rings (SSSR count). The molecule has 0 unspecified atom stereocenters. The molecule has 2 amide bonds. The van der Waals surface area contributed by atoms with E-state index in [4.69, 9.17) is 16.3 Å². The number of nitrogens with one attached hydrogen (secondary N) is 2. The number of carbonyl (C=O) groups is 2. The van der Waals surface area contributed by atoms with Crippen LogP contribution in [0.1, 0.15) is 32.0 Å². The highest BCUT2D eigenvalue weighted by atomic mass is 35.5. The molecule has 0 saturated heterocycles. The summed E-state index contributed by atoms with van der Waals surface area (Å²) in [5.41, 5.74) is 2.72. The quantitative estimate of drug-likeness (QED) is 0.648. The molecule has 150 valence electrons. The molecule has 2 aromatic carbocycles. The molecule has 3 aromatic rings. The summed E-state index contributed by atoms with van der Waals surface area (Å²) >= 11 is 5.97. The van der Waals surface area contributed by atoms with Crippen molar-refractivity contribution < 1.29 is 14.3 Å². The third kappa shape index (κ3) is 4.94. The van der Waals surface area contributed by atoms with Crippen LogP contribution in [0.3, 0.4) is 0 Å². The van der Waals surface area contributed by atoms with Gasteiger partial charge in [-0.2, -0.15) is 5.10 Å². The van der Waals surface area contributed by atoms with Crippen molar-refractivity contribution >= 4 is 29.1 Å². The fourth-order valence-corrected chi connectivity index (χ4v) is 3.03. The molecule has 0 fully saturated rings. The van der Waals surface area contributed by atoms with E-state index in [0.29, 0.717) is 22.9 Å². The lowest BCUT2D eigenvalue weighted by atomic mass is 10.1. The van der Waals surface area contributed by atoms with Crippen LogP contribution in [-0.2, 0) is 13.7 Å². The summed E-state index contributed by atoms with van der Waals surface area (Å²) in [5.74, 6) is 0.0175. The van der Waals surface area contributed by atoms with E-state index >= 15 is 0 Å². The summed E-state index contributed by atoms with van der Waals surface area (Å²) in [4.78, 5) is 24.6. The first-order valence-electron chi connectivity index (χ1n) is 8.92. The predicted octanol–water partition coefficient (Wildman–Crippen LogP) is 3.57. The minimum atomic E-state index is -0.374. The number of aromatic nitrogens is 2. The maximum Gasteiger partial charge on any atom is 0.273 e. The summed E-state index contributed by atoms with van der Waals surface area (Å²) in [6.07, 6.45) is 1.58. The SMILES string of the molecule is CNC(=O)c1nn(C)cc1NC(=O)c1cccc(COc2ccc(Cl)cc2C)c1. The third-order valence-corrected chi connectivity index (χ3v) is 4.47. The van der Waals surface area contributed by atoms with Gasteiger partial charge >= 0.3 is 0 Å². The van der Waals surface area contributed by atoms with Gasteiger partial charge in [-0.3, -0.25) is 14.3 Å². The number of nitrogens with zero attached hydrogens (tertiary/aromatic N) is 2. The smallest absolute Gasteiger partial charge is 0.273 e. The number of rotatable bonds is 6. The lowest BCUT2D eigenvalue weighted by Crippen LogP contribution is -2.21. The van der Waals surface area contributed by atoms with Gasteiger partial charge in [-0.05, 0) is 48.4 Å². The molecule has 0 saturated carbocycles. The number of benzene rings is 2. The maximum atomic E-state index is 12.7. The van der Waals surface area contributed by atoms with Crippen LogP contribution in [0.4, 0.5) is 5.69 Å². The van der Waals surface area contributed by atoms with E-state index in [9.17, 15) is 9.59 Å². The van der Waals surface area contributed by atoms with Gasteiger partial charge in [0.05, 0.1) is 5.69 Å². The Labute approximate surface area is 173 Å². The topological polar surface area (TPSA) is 85.3 Å². The fraction of sp³-hybridized carbons (Fsp3) is 0.190. The molecule has 0 aliphatic heterocycles. The second-order valence-electron chi connectivity index (χ2n) is 6.50. The summed E-state index contributed by atoms with van der Waals surface area (Å²) in [6.45, 7) is 2.23. The van der Waals surface area contributed by atoms with E-state index in [1.807, 2.05) is 25.1 Å². The maximum absolute atomic E-state index is 12.7. The highest BCUT2D eigenvalue weighted by Crippen LogP contribution is 2.23. The highest BCUT2D eigenvalue weighted by Gasteiger charge is 2.17. The van der Waals surface area contributed by atoms with E-state index in [2.05, 4.69) is 15.7 Å². The molecule has 0 atom stereocenters. The van der Waals surface area contributed by atoms with Gasteiger partial charge in [0.25, 0.3) is 11.8 Å². The zero-order chi connectivity index (χ0) is 21.0. The van der Waals surface area contributed by atoms with Gasteiger partial charge in [-0.25, -0.2) is 0 Å². The lowest BCUT2D eigenvalue weighted by molar-refractivity contribution is 0.0958. The summed E-state index contributed by atoms with van der Waals surface area (Å²) in [7, 11) is 3.19. The van der Waals surface area contributed by atoms with E-state index in [-0.39, 0.29) is 17.5 Å². The summed E-state index contributed by atoms with van der Waals surface area (Å²) < 4.78 is 7.31. The molecule has 0 bridgehead atoms. The van der Waals surface area contributed by atoms with E-state index < -0.39 is 0 Å². The van der Waals surface area contributed by atoms with Crippen molar-refractivity contribution in [1.29, 1.82) is 0 Å². The van der Waals surface area contributed by atoms with Crippen LogP contribution in [0.2, 0.25) is 5.02 Å². The number of ether oxygens (including phenoxy) is 1. The van der Waals surface area contributed by atoms with E-state index in [1.54, 1.807) is 37.5 Å². The minimum Gasteiger partial charge on any atom is -0.489 e.